The van der Waals surface area contributed by atoms with E-state index < -0.39 is 21.8 Å². The van der Waals surface area contributed by atoms with Gasteiger partial charge in [-0.15, -0.1) is 0 Å². The van der Waals surface area contributed by atoms with Crippen LogP contribution in [-0.4, -0.2) is 32.5 Å². The molecule has 0 aliphatic carbocycles. The van der Waals surface area contributed by atoms with Crippen LogP contribution in [-0.2, 0) is 26.2 Å². The fourth-order valence-corrected chi connectivity index (χ4v) is 4.51. The first kappa shape index (κ1) is 19.2. The second-order valence-corrected chi connectivity index (χ2v) is 8.45. The lowest BCUT2D eigenvalue weighted by Crippen LogP contribution is -2.35. The van der Waals surface area contributed by atoms with Gasteiger partial charge in [0.25, 0.3) is 0 Å². The van der Waals surface area contributed by atoms with Crippen molar-refractivity contribution < 1.29 is 18.0 Å². The van der Waals surface area contributed by atoms with Crippen molar-refractivity contribution in [3.63, 3.8) is 0 Å². The van der Waals surface area contributed by atoms with Gasteiger partial charge < -0.3 is 10.6 Å². The molecule has 7 nitrogen and oxygen atoms in total. The predicted molar refractivity (Wildman–Crippen MR) is 104 cm³/mol. The molecule has 1 aliphatic heterocycles. The Kier molecular flexibility index (Phi) is 5.67. The summed E-state index contributed by atoms with van der Waals surface area (Å²) in [6.45, 7) is 0.624. The highest BCUT2D eigenvalue weighted by atomic mass is 35.5. The van der Waals surface area contributed by atoms with Crippen LogP contribution in [0.2, 0.25) is 5.02 Å². The van der Waals surface area contributed by atoms with Gasteiger partial charge in [0.2, 0.25) is 10.0 Å². The smallest absolute Gasteiger partial charge is 0.313 e. The highest BCUT2D eigenvalue weighted by Crippen LogP contribution is 2.31. The van der Waals surface area contributed by atoms with Crippen LogP contribution >= 0.6 is 11.6 Å². The van der Waals surface area contributed by atoms with Crippen LogP contribution in [0.15, 0.2) is 48.5 Å². The SMILES string of the molecule is O=C(NCc1ccccc1)C(=O)Nc1ccc(N2CCCS2(=O)=O)cc1Cl. The van der Waals surface area contributed by atoms with E-state index in [2.05, 4.69) is 10.6 Å². The minimum absolute atomic E-state index is 0.102. The van der Waals surface area contributed by atoms with Crippen molar-refractivity contribution in [1.82, 2.24) is 5.32 Å². The summed E-state index contributed by atoms with van der Waals surface area (Å²) in [5.74, 6) is -1.54. The molecular weight excluding hydrogens is 390 g/mol. The van der Waals surface area contributed by atoms with Crippen LogP contribution in [0.1, 0.15) is 12.0 Å². The molecule has 27 heavy (non-hydrogen) atoms. The summed E-state index contributed by atoms with van der Waals surface area (Å²) in [5.41, 5.74) is 1.54. The third-order valence-electron chi connectivity index (χ3n) is 4.09. The van der Waals surface area contributed by atoms with Gasteiger partial charge in [-0.25, -0.2) is 8.42 Å². The number of carbonyl (C=O) groups is 2. The monoisotopic (exact) mass is 407 g/mol. The van der Waals surface area contributed by atoms with Gasteiger partial charge >= 0.3 is 11.8 Å². The first-order valence-electron chi connectivity index (χ1n) is 8.30. The summed E-state index contributed by atoms with van der Waals surface area (Å²) >= 11 is 6.15. The highest BCUT2D eigenvalue weighted by Gasteiger charge is 2.28. The van der Waals surface area contributed by atoms with Crippen LogP contribution in [0.3, 0.4) is 0 Å². The first-order chi connectivity index (χ1) is 12.9. The third kappa shape index (κ3) is 4.58. The first-order valence-corrected chi connectivity index (χ1v) is 10.3. The Morgan fingerprint density at radius 2 is 1.81 bits per heavy atom. The van der Waals surface area contributed by atoms with Crippen molar-refractivity contribution in [1.29, 1.82) is 0 Å². The minimum Gasteiger partial charge on any atom is -0.344 e. The number of nitrogens with one attached hydrogen (secondary N) is 2. The van der Waals surface area contributed by atoms with Gasteiger partial charge in [-0.3, -0.25) is 13.9 Å². The molecule has 0 saturated carbocycles. The van der Waals surface area contributed by atoms with E-state index >= 15 is 0 Å². The molecule has 0 bridgehead atoms. The maximum atomic E-state index is 12.0. The van der Waals surface area contributed by atoms with E-state index in [4.69, 9.17) is 11.6 Å². The number of hydrogen-bond donors (Lipinski definition) is 2. The molecule has 1 saturated heterocycles. The number of nitrogens with zero attached hydrogens (tertiary/aromatic N) is 1. The van der Waals surface area contributed by atoms with Crippen molar-refractivity contribution >= 4 is 44.8 Å². The zero-order valence-corrected chi connectivity index (χ0v) is 15.9. The number of hydrogen-bond acceptors (Lipinski definition) is 4. The van der Waals surface area contributed by atoms with E-state index in [1.807, 2.05) is 30.3 Å². The number of carbonyl (C=O) groups excluding carboxylic acids is 2. The summed E-state index contributed by atoms with van der Waals surface area (Å²) in [7, 11) is -3.32. The molecule has 0 unspecified atom stereocenters. The zero-order chi connectivity index (χ0) is 19.4. The fourth-order valence-electron chi connectivity index (χ4n) is 2.73. The summed E-state index contributed by atoms with van der Waals surface area (Å²) in [4.78, 5) is 24.0. The molecule has 0 aromatic heterocycles. The van der Waals surface area contributed by atoms with E-state index in [1.165, 1.54) is 16.4 Å². The second-order valence-electron chi connectivity index (χ2n) is 6.03. The Labute approximate surface area is 162 Å². The van der Waals surface area contributed by atoms with Gasteiger partial charge in [-0.2, -0.15) is 0 Å². The van der Waals surface area contributed by atoms with Crippen LogP contribution in [0.4, 0.5) is 11.4 Å². The van der Waals surface area contributed by atoms with Gasteiger partial charge in [0.1, 0.15) is 0 Å². The number of halogens is 1. The summed E-state index contributed by atoms with van der Waals surface area (Å²) in [6.07, 6.45) is 0.556. The molecule has 1 aliphatic rings. The minimum atomic E-state index is -3.32. The summed E-state index contributed by atoms with van der Waals surface area (Å²) in [5, 5.41) is 5.11. The van der Waals surface area contributed by atoms with Gasteiger partial charge in [0.15, 0.2) is 0 Å². The Morgan fingerprint density at radius 1 is 1.07 bits per heavy atom. The Morgan fingerprint density at radius 3 is 2.44 bits per heavy atom. The van der Waals surface area contributed by atoms with Crippen LogP contribution in [0.5, 0.6) is 0 Å². The van der Waals surface area contributed by atoms with E-state index in [0.29, 0.717) is 18.7 Å². The van der Waals surface area contributed by atoms with Gasteiger partial charge in [-0.05, 0) is 30.2 Å². The lowest BCUT2D eigenvalue weighted by Gasteiger charge is -2.18. The molecule has 3 rings (SSSR count). The molecule has 1 fully saturated rings. The summed E-state index contributed by atoms with van der Waals surface area (Å²) in [6, 6.07) is 13.7. The molecule has 2 aromatic rings. The maximum absolute atomic E-state index is 12.0. The van der Waals surface area contributed by atoms with Crippen molar-refractivity contribution in [2.45, 2.75) is 13.0 Å². The molecule has 2 N–H and O–H groups in total. The van der Waals surface area contributed by atoms with Crippen molar-refractivity contribution in [3.8, 4) is 0 Å². The number of amides is 2. The van der Waals surface area contributed by atoms with Gasteiger partial charge in [0.05, 0.1) is 22.2 Å². The Balaban J connectivity index is 1.63. The fraction of sp³-hybridized carbons (Fsp3) is 0.222. The van der Waals surface area contributed by atoms with E-state index in [-0.39, 0.29) is 23.0 Å². The Hall–Kier alpha value is -2.58. The van der Waals surface area contributed by atoms with Gasteiger partial charge in [0, 0.05) is 13.1 Å². The molecule has 0 radical (unpaired) electrons. The molecule has 0 spiro atoms. The van der Waals surface area contributed by atoms with Crippen molar-refractivity contribution in [2.24, 2.45) is 0 Å². The van der Waals surface area contributed by atoms with Gasteiger partial charge in [-0.1, -0.05) is 41.9 Å². The normalized spacial score (nSPS) is 15.4. The van der Waals surface area contributed by atoms with E-state index in [1.54, 1.807) is 6.07 Å². The third-order valence-corrected chi connectivity index (χ3v) is 6.27. The van der Waals surface area contributed by atoms with Crippen LogP contribution in [0.25, 0.3) is 0 Å². The molecule has 1 heterocycles. The van der Waals surface area contributed by atoms with Crippen molar-refractivity contribution in [3.05, 3.63) is 59.1 Å². The number of rotatable bonds is 4. The molecule has 2 aromatic carbocycles. The quantitative estimate of drug-likeness (QED) is 0.759. The van der Waals surface area contributed by atoms with Crippen molar-refractivity contribution in [2.75, 3.05) is 21.9 Å². The Bertz CT molecular complexity index is 964. The topological polar surface area (TPSA) is 95.6 Å². The van der Waals surface area contributed by atoms with E-state index in [9.17, 15) is 18.0 Å². The van der Waals surface area contributed by atoms with Crippen LogP contribution in [0, 0.1) is 0 Å². The molecule has 142 valence electrons. The lowest BCUT2D eigenvalue weighted by molar-refractivity contribution is -0.136. The number of sulfonamides is 1. The average molecular weight is 408 g/mol. The largest absolute Gasteiger partial charge is 0.344 e. The molecular formula is C18H18ClN3O4S. The molecule has 9 heteroatoms. The maximum Gasteiger partial charge on any atom is 0.313 e. The van der Waals surface area contributed by atoms with E-state index in [0.717, 1.165) is 5.56 Å². The predicted octanol–water partition coefficient (Wildman–Crippen LogP) is 2.13. The lowest BCUT2D eigenvalue weighted by atomic mass is 10.2. The van der Waals surface area contributed by atoms with Crippen LogP contribution < -0.4 is 14.9 Å². The molecule has 0 atom stereocenters. The zero-order valence-electron chi connectivity index (χ0n) is 14.3. The standard InChI is InChI=1S/C18H18ClN3O4S/c19-15-11-14(22-9-4-10-27(22,25)26)7-8-16(15)21-18(24)17(23)20-12-13-5-2-1-3-6-13/h1-3,5-8,11H,4,9-10,12H2,(H,20,23)(H,21,24). The second kappa shape index (κ2) is 7.98. The number of anilines is 2. The summed E-state index contributed by atoms with van der Waals surface area (Å²) < 4.78 is 25.2. The molecule has 2 amide bonds. The average Bonchev–Trinajstić information content (AvgIpc) is 3.01. The number of benzene rings is 2. The highest BCUT2D eigenvalue weighted by molar-refractivity contribution is 7.93.